The maximum atomic E-state index is 5.87. The molecule has 3 nitrogen and oxygen atoms in total. The van der Waals surface area contributed by atoms with Crippen LogP contribution in [-0.4, -0.2) is 9.55 Å². The fourth-order valence-electron chi connectivity index (χ4n) is 3.72. The maximum Gasteiger partial charge on any atom is 0.123 e. The van der Waals surface area contributed by atoms with Crippen LogP contribution in [0.3, 0.4) is 0 Å². The molecular weight excluding hydrogens is 246 g/mol. The van der Waals surface area contributed by atoms with Crippen LogP contribution in [0.4, 0.5) is 0 Å². The molecule has 2 N–H and O–H groups in total. The summed E-state index contributed by atoms with van der Waals surface area (Å²) in [5.74, 6) is 1.05. The molecule has 1 aromatic heterocycles. The van der Waals surface area contributed by atoms with E-state index >= 15 is 0 Å². The summed E-state index contributed by atoms with van der Waals surface area (Å²) in [5, 5.41) is 0. The highest BCUT2D eigenvalue weighted by Crippen LogP contribution is 2.32. The van der Waals surface area contributed by atoms with Gasteiger partial charge in [0.2, 0.25) is 0 Å². The molecule has 0 saturated heterocycles. The third kappa shape index (κ3) is 1.80. The van der Waals surface area contributed by atoms with E-state index in [-0.39, 0.29) is 0 Å². The van der Waals surface area contributed by atoms with Crippen LogP contribution in [0.2, 0.25) is 0 Å². The SMILES string of the molecule is NCc1nc(-c2ccc3c(c2)CCC3)c2n1CCCC2. The molecule has 0 fully saturated rings. The van der Waals surface area contributed by atoms with Crippen molar-refractivity contribution in [3.8, 4) is 11.3 Å². The third-order valence-corrected chi connectivity index (χ3v) is 4.75. The van der Waals surface area contributed by atoms with Gasteiger partial charge in [-0.25, -0.2) is 4.98 Å². The molecule has 4 rings (SSSR count). The molecule has 20 heavy (non-hydrogen) atoms. The Hall–Kier alpha value is -1.61. The van der Waals surface area contributed by atoms with Crippen molar-refractivity contribution in [2.24, 2.45) is 5.73 Å². The van der Waals surface area contributed by atoms with Gasteiger partial charge in [0.15, 0.2) is 0 Å². The number of aryl methyl sites for hydroxylation is 2. The molecule has 0 bridgehead atoms. The molecule has 1 aromatic carbocycles. The van der Waals surface area contributed by atoms with Gasteiger partial charge in [-0.05, 0) is 55.7 Å². The van der Waals surface area contributed by atoms with Crippen molar-refractivity contribution >= 4 is 0 Å². The second-order valence-corrected chi connectivity index (χ2v) is 5.97. The molecule has 2 heterocycles. The minimum atomic E-state index is 0.540. The van der Waals surface area contributed by atoms with Gasteiger partial charge in [-0.3, -0.25) is 0 Å². The quantitative estimate of drug-likeness (QED) is 0.909. The maximum absolute atomic E-state index is 5.87. The zero-order valence-corrected chi connectivity index (χ0v) is 11.9. The van der Waals surface area contributed by atoms with Crippen LogP contribution in [0, 0.1) is 0 Å². The van der Waals surface area contributed by atoms with E-state index in [9.17, 15) is 0 Å². The Labute approximate surface area is 119 Å². The highest BCUT2D eigenvalue weighted by atomic mass is 15.1. The van der Waals surface area contributed by atoms with E-state index in [2.05, 4.69) is 22.8 Å². The molecule has 0 unspecified atom stereocenters. The second-order valence-electron chi connectivity index (χ2n) is 5.97. The number of rotatable bonds is 2. The summed E-state index contributed by atoms with van der Waals surface area (Å²) in [6.45, 7) is 1.62. The van der Waals surface area contributed by atoms with Crippen LogP contribution in [0.15, 0.2) is 18.2 Å². The van der Waals surface area contributed by atoms with Crippen LogP contribution in [0.25, 0.3) is 11.3 Å². The predicted octanol–water partition coefficient (Wildman–Crippen LogP) is 2.83. The highest BCUT2D eigenvalue weighted by molar-refractivity contribution is 5.65. The lowest BCUT2D eigenvalue weighted by atomic mass is 10.0. The number of aromatic nitrogens is 2. The number of imidazole rings is 1. The number of hydrogen-bond donors (Lipinski definition) is 1. The molecule has 2 aliphatic rings. The molecule has 0 saturated carbocycles. The van der Waals surface area contributed by atoms with Crippen molar-refractivity contribution in [2.45, 2.75) is 51.6 Å². The molecule has 2 aromatic rings. The minimum Gasteiger partial charge on any atom is -0.330 e. The van der Waals surface area contributed by atoms with Crippen molar-refractivity contribution in [3.05, 3.63) is 40.8 Å². The largest absolute Gasteiger partial charge is 0.330 e. The standard InChI is InChI=1S/C17H21N3/c18-11-16-19-17(15-6-1-2-9-20(15)16)14-8-7-12-4-3-5-13(12)10-14/h7-8,10H,1-6,9,11,18H2. The Morgan fingerprint density at radius 3 is 2.85 bits per heavy atom. The summed E-state index contributed by atoms with van der Waals surface area (Å²) in [4.78, 5) is 4.84. The van der Waals surface area contributed by atoms with Gasteiger partial charge in [-0.15, -0.1) is 0 Å². The average molecular weight is 267 g/mol. The topological polar surface area (TPSA) is 43.8 Å². The molecule has 1 aliphatic carbocycles. The molecule has 1 aliphatic heterocycles. The zero-order chi connectivity index (χ0) is 13.5. The lowest BCUT2D eigenvalue weighted by Crippen LogP contribution is -2.15. The Bertz CT molecular complexity index is 654. The van der Waals surface area contributed by atoms with Crippen molar-refractivity contribution in [3.63, 3.8) is 0 Å². The Morgan fingerprint density at radius 1 is 1.05 bits per heavy atom. The Balaban J connectivity index is 1.84. The van der Waals surface area contributed by atoms with Gasteiger partial charge in [-0.1, -0.05) is 12.1 Å². The van der Waals surface area contributed by atoms with E-state index < -0.39 is 0 Å². The summed E-state index contributed by atoms with van der Waals surface area (Å²) in [5.41, 5.74) is 12.8. The van der Waals surface area contributed by atoms with Gasteiger partial charge >= 0.3 is 0 Å². The van der Waals surface area contributed by atoms with E-state index in [0.29, 0.717) is 6.54 Å². The van der Waals surface area contributed by atoms with Gasteiger partial charge in [0, 0.05) is 17.8 Å². The van der Waals surface area contributed by atoms with Gasteiger partial charge in [0.1, 0.15) is 5.82 Å². The van der Waals surface area contributed by atoms with Crippen LogP contribution < -0.4 is 5.73 Å². The van der Waals surface area contributed by atoms with E-state index in [0.717, 1.165) is 18.8 Å². The monoisotopic (exact) mass is 267 g/mol. The van der Waals surface area contributed by atoms with E-state index in [4.69, 9.17) is 10.7 Å². The second kappa shape index (κ2) is 4.74. The van der Waals surface area contributed by atoms with E-state index in [1.807, 2.05) is 0 Å². The molecule has 3 heteroatoms. The Kier molecular flexibility index (Phi) is 2.88. The third-order valence-electron chi connectivity index (χ3n) is 4.75. The van der Waals surface area contributed by atoms with Crippen molar-refractivity contribution in [1.82, 2.24) is 9.55 Å². The number of benzene rings is 1. The number of nitrogens with zero attached hydrogens (tertiary/aromatic N) is 2. The van der Waals surface area contributed by atoms with Gasteiger partial charge < -0.3 is 10.3 Å². The molecular formula is C17H21N3. The molecule has 0 amide bonds. The lowest BCUT2D eigenvalue weighted by molar-refractivity contribution is 0.515. The van der Waals surface area contributed by atoms with Gasteiger partial charge in [0.05, 0.1) is 12.2 Å². The summed E-state index contributed by atoms with van der Waals surface area (Å²) < 4.78 is 2.35. The minimum absolute atomic E-state index is 0.540. The number of fused-ring (bicyclic) bond motifs is 2. The number of hydrogen-bond acceptors (Lipinski definition) is 2. The fourth-order valence-corrected chi connectivity index (χ4v) is 3.72. The molecule has 0 atom stereocenters. The van der Waals surface area contributed by atoms with Crippen LogP contribution in [0.5, 0.6) is 0 Å². The molecule has 0 radical (unpaired) electrons. The van der Waals surface area contributed by atoms with Gasteiger partial charge in [0.25, 0.3) is 0 Å². The van der Waals surface area contributed by atoms with Gasteiger partial charge in [-0.2, -0.15) is 0 Å². The van der Waals surface area contributed by atoms with Crippen LogP contribution >= 0.6 is 0 Å². The first kappa shape index (κ1) is 12.2. The fraction of sp³-hybridized carbons (Fsp3) is 0.471. The normalized spacial score (nSPS) is 17.1. The first-order chi connectivity index (χ1) is 9.86. The smallest absolute Gasteiger partial charge is 0.123 e. The predicted molar refractivity (Wildman–Crippen MR) is 80.5 cm³/mol. The molecule has 104 valence electrons. The first-order valence-electron chi connectivity index (χ1n) is 7.77. The first-order valence-corrected chi connectivity index (χ1v) is 7.77. The van der Waals surface area contributed by atoms with Crippen molar-refractivity contribution in [1.29, 1.82) is 0 Å². The van der Waals surface area contributed by atoms with E-state index in [1.54, 1.807) is 0 Å². The van der Waals surface area contributed by atoms with E-state index in [1.165, 1.54) is 60.2 Å². The summed E-state index contributed by atoms with van der Waals surface area (Å²) in [7, 11) is 0. The average Bonchev–Trinajstić information content (AvgIpc) is 3.10. The van der Waals surface area contributed by atoms with Crippen molar-refractivity contribution in [2.75, 3.05) is 0 Å². The zero-order valence-electron chi connectivity index (χ0n) is 11.9. The highest BCUT2D eigenvalue weighted by Gasteiger charge is 2.21. The summed E-state index contributed by atoms with van der Waals surface area (Å²) >= 11 is 0. The van der Waals surface area contributed by atoms with Crippen LogP contribution in [-0.2, 0) is 32.4 Å². The molecule has 0 spiro atoms. The summed E-state index contributed by atoms with van der Waals surface area (Å²) in [6, 6.07) is 6.91. The van der Waals surface area contributed by atoms with Crippen molar-refractivity contribution < 1.29 is 0 Å². The Morgan fingerprint density at radius 2 is 1.95 bits per heavy atom. The summed E-state index contributed by atoms with van der Waals surface area (Å²) in [6.07, 6.45) is 7.43. The van der Waals surface area contributed by atoms with Crippen LogP contribution in [0.1, 0.15) is 41.9 Å². The number of nitrogens with two attached hydrogens (primary N) is 1. The lowest BCUT2D eigenvalue weighted by Gasteiger charge is -2.17.